The van der Waals surface area contributed by atoms with E-state index in [2.05, 4.69) is 37.5 Å². The first kappa shape index (κ1) is 16.7. The van der Waals surface area contributed by atoms with Crippen LogP contribution in [0.4, 0.5) is 0 Å². The number of nitrogens with zero attached hydrogens (tertiary/aromatic N) is 4. The molecule has 1 aromatic carbocycles. The van der Waals surface area contributed by atoms with Crippen molar-refractivity contribution in [2.24, 2.45) is 0 Å². The van der Waals surface area contributed by atoms with Gasteiger partial charge in [-0.1, -0.05) is 35.0 Å². The summed E-state index contributed by atoms with van der Waals surface area (Å²) < 4.78 is 5.42. The third-order valence-electron chi connectivity index (χ3n) is 4.33. The van der Waals surface area contributed by atoms with Crippen molar-refractivity contribution in [2.75, 3.05) is 26.2 Å². The molecule has 0 bridgehead atoms. The summed E-state index contributed by atoms with van der Waals surface area (Å²) in [6.07, 6.45) is 0. The summed E-state index contributed by atoms with van der Waals surface area (Å²) in [6.45, 7) is 5.90. The number of rotatable bonds is 5. The van der Waals surface area contributed by atoms with Gasteiger partial charge in [0.1, 0.15) is 0 Å². The Morgan fingerprint density at radius 1 is 1.04 bits per heavy atom. The maximum absolute atomic E-state index is 6.02. The van der Waals surface area contributed by atoms with Gasteiger partial charge in [-0.05, 0) is 23.6 Å². The molecule has 130 valence electrons. The molecule has 0 aliphatic carbocycles. The van der Waals surface area contributed by atoms with Crippen LogP contribution >= 0.6 is 22.9 Å². The number of benzene rings is 1. The van der Waals surface area contributed by atoms with Crippen molar-refractivity contribution in [3.05, 3.63) is 57.6 Å². The van der Waals surface area contributed by atoms with Crippen LogP contribution in [-0.2, 0) is 13.1 Å². The van der Waals surface area contributed by atoms with Gasteiger partial charge in [0.25, 0.3) is 0 Å². The second kappa shape index (κ2) is 7.66. The predicted octanol–water partition coefficient (Wildman–Crippen LogP) is 3.77. The lowest BCUT2D eigenvalue weighted by atomic mass is 10.2. The number of piperazine rings is 1. The largest absolute Gasteiger partial charge is 0.338 e. The molecule has 2 aromatic heterocycles. The highest BCUT2D eigenvalue weighted by Gasteiger charge is 2.19. The molecule has 0 atom stereocenters. The van der Waals surface area contributed by atoms with Crippen LogP contribution in [0.3, 0.4) is 0 Å². The van der Waals surface area contributed by atoms with Crippen LogP contribution in [0.15, 0.2) is 46.3 Å². The van der Waals surface area contributed by atoms with E-state index in [4.69, 9.17) is 16.1 Å². The standard InChI is InChI=1S/C18H19ClN4OS/c19-15-4-1-3-14(11-15)18-20-17(24-21-18)13-23-8-6-22(7-9-23)12-16-5-2-10-25-16/h1-5,10-11H,6-9,12-13H2. The van der Waals surface area contributed by atoms with Crippen molar-refractivity contribution in [2.45, 2.75) is 13.1 Å². The molecular weight excluding hydrogens is 356 g/mol. The Bertz CT molecular complexity index is 812. The van der Waals surface area contributed by atoms with E-state index in [0.717, 1.165) is 38.3 Å². The average molecular weight is 375 g/mol. The lowest BCUT2D eigenvalue weighted by Gasteiger charge is -2.33. The monoisotopic (exact) mass is 374 g/mol. The molecule has 5 nitrogen and oxygen atoms in total. The lowest BCUT2D eigenvalue weighted by molar-refractivity contribution is 0.113. The zero-order valence-electron chi connectivity index (χ0n) is 13.8. The van der Waals surface area contributed by atoms with E-state index in [9.17, 15) is 0 Å². The van der Waals surface area contributed by atoms with Crippen molar-refractivity contribution in [3.8, 4) is 11.4 Å². The van der Waals surface area contributed by atoms with E-state index >= 15 is 0 Å². The third-order valence-corrected chi connectivity index (χ3v) is 5.43. The summed E-state index contributed by atoms with van der Waals surface area (Å²) in [5.41, 5.74) is 0.878. The minimum Gasteiger partial charge on any atom is -0.338 e. The molecule has 0 radical (unpaired) electrons. The normalized spacial score (nSPS) is 16.4. The molecule has 0 saturated carbocycles. The van der Waals surface area contributed by atoms with Crippen molar-refractivity contribution >= 4 is 22.9 Å². The fourth-order valence-electron chi connectivity index (χ4n) is 2.98. The fraction of sp³-hybridized carbons (Fsp3) is 0.333. The van der Waals surface area contributed by atoms with Crippen LogP contribution in [0.2, 0.25) is 5.02 Å². The highest BCUT2D eigenvalue weighted by Crippen LogP contribution is 2.20. The minimum atomic E-state index is 0.592. The fourth-order valence-corrected chi connectivity index (χ4v) is 3.92. The first-order valence-corrected chi connectivity index (χ1v) is 9.58. The number of halogens is 1. The molecular formula is C18H19ClN4OS. The van der Waals surface area contributed by atoms with Gasteiger partial charge in [-0.2, -0.15) is 4.98 Å². The van der Waals surface area contributed by atoms with Gasteiger partial charge >= 0.3 is 0 Å². The van der Waals surface area contributed by atoms with Crippen molar-refractivity contribution in [1.82, 2.24) is 19.9 Å². The first-order valence-electron chi connectivity index (χ1n) is 8.32. The Kier molecular flexibility index (Phi) is 5.12. The topological polar surface area (TPSA) is 45.4 Å². The van der Waals surface area contributed by atoms with Crippen LogP contribution in [0.25, 0.3) is 11.4 Å². The molecule has 1 fully saturated rings. The zero-order chi connectivity index (χ0) is 17.1. The zero-order valence-corrected chi connectivity index (χ0v) is 15.3. The molecule has 3 aromatic rings. The molecule has 0 unspecified atom stereocenters. The lowest BCUT2D eigenvalue weighted by Crippen LogP contribution is -2.45. The Balaban J connectivity index is 1.32. The third kappa shape index (κ3) is 4.27. The van der Waals surface area contributed by atoms with Gasteiger partial charge in [0, 0.05) is 48.2 Å². The summed E-state index contributed by atoms with van der Waals surface area (Å²) in [5.74, 6) is 1.25. The maximum Gasteiger partial charge on any atom is 0.241 e. The van der Waals surface area contributed by atoms with E-state index in [1.807, 2.05) is 35.6 Å². The first-order chi connectivity index (χ1) is 12.3. The van der Waals surface area contributed by atoms with Gasteiger partial charge in [-0.3, -0.25) is 9.80 Å². The number of aromatic nitrogens is 2. The Hall–Kier alpha value is -1.73. The maximum atomic E-state index is 6.02. The quantitative estimate of drug-likeness (QED) is 0.680. The smallest absolute Gasteiger partial charge is 0.241 e. The van der Waals surface area contributed by atoms with Crippen molar-refractivity contribution in [3.63, 3.8) is 0 Å². The Morgan fingerprint density at radius 3 is 2.56 bits per heavy atom. The van der Waals surface area contributed by atoms with E-state index in [-0.39, 0.29) is 0 Å². The Morgan fingerprint density at radius 2 is 1.84 bits per heavy atom. The van der Waals surface area contributed by atoms with E-state index in [0.29, 0.717) is 23.3 Å². The summed E-state index contributed by atoms with van der Waals surface area (Å²) >= 11 is 7.85. The van der Waals surface area contributed by atoms with Crippen LogP contribution < -0.4 is 0 Å². The summed E-state index contributed by atoms with van der Waals surface area (Å²) in [7, 11) is 0. The minimum absolute atomic E-state index is 0.592. The van der Waals surface area contributed by atoms with Gasteiger partial charge in [0.2, 0.25) is 11.7 Å². The second-order valence-corrected chi connectivity index (χ2v) is 7.62. The van der Waals surface area contributed by atoms with Gasteiger partial charge in [0.05, 0.1) is 6.54 Å². The summed E-state index contributed by atoms with van der Waals surface area (Å²) in [6, 6.07) is 11.8. The molecule has 3 heterocycles. The van der Waals surface area contributed by atoms with Gasteiger partial charge in [-0.25, -0.2) is 0 Å². The predicted molar refractivity (Wildman–Crippen MR) is 99.6 cm³/mol. The molecule has 0 spiro atoms. The van der Waals surface area contributed by atoms with Crippen molar-refractivity contribution in [1.29, 1.82) is 0 Å². The van der Waals surface area contributed by atoms with Gasteiger partial charge < -0.3 is 4.52 Å². The molecule has 0 N–H and O–H groups in total. The molecule has 1 aliphatic heterocycles. The van der Waals surface area contributed by atoms with E-state index in [1.165, 1.54) is 4.88 Å². The van der Waals surface area contributed by atoms with Crippen LogP contribution in [0, 0.1) is 0 Å². The van der Waals surface area contributed by atoms with Crippen LogP contribution in [0.1, 0.15) is 10.8 Å². The molecule has 7 heteroatoms. The number of thiophene rings is 1. The molecule has 4 rings (SSSR count). The van der Waals surface area contributed by atoms with E-state index < -0.39 is 0 Å². The highest BCUT2D eigenvalue weighted by atomic mass is 35.5. The highest BCUT2D eigenvalue weighted by molar-refractivity contribution is 7.09. The SMILES string of the molecule is Clc1cccc(-c2noc(CN3CCN(Cc4cccs4)CC3)n2)c1. The number of hydrogen-bond acceptors (Lipinski definition) is 6. The summed E-state index contributed by atoms with van der Waals surface area (Å²) in [4.78, 5) is 10.8. The second-order valence-electron chi connectivity index (χ2n) is 6.15. The molecule has 25 heavy (non-hydrogen) atoms. The molecule has 1 saturated heterocycles. The van der Waals surface area contributed by atoms with Crippen LogP contribution in [-0.4, -0.2) is 46.1 Å². The van der Waals surface area contributed by atoms with Crippen LogP contribution in [0.5, 0.6) is 0 Å². The van der Waals surface area contributed by atoms with Gasteiger partial charge in [0.15, 0.2) is 0 Å². The van der Waals surface area contributed by atoms with Gasteiger partial charge in [-0.15, -0.1) is 11.3 Å². The van der Waals surface area contributed by atoms with Crippen molar-refractivity contribution < 1.29 is 4.52 Å². The molecule has 1 aliphatic rings. The summed E-state index contributed by atoms with van der Waals surface area (Å²) in [5, 5.41) is 6.89. The van der Waals surface area contributed by atoms with E-state index in [1.54, 1.807) is 0 Å². The number of hydrogen-bond donors (Lipinski definition) is 0. The Labute approximate surface area is 155 Å². The molecule has 0 amide bonds. The average Bonchev–Trinajstić information content (AvgIpc) is 3.29.